The molecular weight excluding hydrogens is 285 g/mol. The molecule has 9 heteroatoms. The highest BCUT2D eigenvalue weighted by molar-refractivity contribution is 7.89. The Balaban J connectivity index is 1.90. The number of primary sulfonamides is 1. The van der Waals surface area contributed by atoms with Crippen LogP contribution < -0.4 is 10.5 Å². The fraction of sp³-hybridized carbons (Fsp3) is 0.273. The molecule has 0 spiro atoms. The summed E-state index contributed by atoms with van der Waals surface area (Å²) in [6.07, 6.45) is 4.04. The molecule has 1 heterocycles. The Bertz CT molecular complexity index is 672. The van der Waals surface area contributed by atoms with Crippen molar-refractivity contribution in [1.29, 1.82) is 0 Å². The Labute approximate surface area is 115 Å². The molecule has 0 saturated carbocycles. The van der Waals surface area contributed by atoms with Crippen LogP contribution in [0.5, 0.6) is 0 Å². The number of rotatable bonds is 6. The van der Waals surface area contributed by atoms with Crippen LogP contribution in [-0.4, -0.2) is 30.0 Å². The van der Waals surface area contributed by atoms with Gasteiger partial charge in [-0.15, -0.1) is 5.10 Å². The van der Waals surface area contributed by atoms with Gasteiger partial charge in [-0.3, -0.25) is 4.68 Å². The third kappa shape index (κ3) is 3.75. The lowest BCUT2D eigenvalue weighted by molar-refractivity contribution is 0.567. The number of benzene rings is 1. The standard InChI is InChI=1S/C11H14FN5O2S/c12-10-8-9(20(13,18)19)2-3-11(10)14-4-1-6-17-7-5-15-16-17/h2-3,5,7-8,14H,1,4,6H2,(H2,13,18,19). The molecule has 1 aromatic heterocycles. The van der Waals surface area contributed by atoms with Crippen LogP contribution in [0.15, 0.2) is 35.5 Å². The molecule has 3 N–H and O–H groups in total. The SMILES string of the molecule is NS(=O)(=O)c1ccc(NCCCn2ccnn2)c(F)c1. The van der Waals surface area contributed by atoms with Crippen molar-refractivity contribution in [3.8, 4) is 0 Å². The maximum atomic E-state index is 13.7. The number of anilines is 1. The van der Waals surface area contributed by atoms with E-state index in [1.807, 2.05) is 0 Å². The minimum Gasteiger partial charge on any atom is -0.383 e. The molecule has 0 fully saturated rings. The van der Waals surface area contributed by atoms with E-state index < -0.39 is 15.8 Å². The average Bonchev–Trinajstić information content (AvgIpc) is 2.88. The molecule has 0 aliphatic heterocycles. The third-order valence-electron chi connectivity index (χ3n) is 2.62. The Morgan fingerprint density at radius 2 is 2.20 bits per heavy atom. The summed E-state index contributed by atoms with van der Waals surface area (Å²) in [5, 5.41) is 15.3. The summed E-state index contributed by atoms with van der Waals surface area (Å²) in [6.45, 7) is 1.18. The highest BCUT2D eigenvalue weighted by atomic mass is 32.2. The monoisotopic (exact) mass is 299 g/mol. The highest BCUT2D eigenvalue weighted by Gasteiger charge is 2.11. The maximum Gasteiger partial charge on any atom is 0.238 e. The Morgan fingerprint density at radius 3 is 2.80 bits per heavy atom. The number of sulfonamides is 1. The first-order valence-corrected chi connectivity index (χ1v) is 7.42. The number of hydrogen-bond acceptors (Lipinski definition) is 5. The molecule has 0 saturated heterocycles. The van der Waals surface area contributed by atoms with Crippen molar-refractivity contribution in [3.05, 3.63) is 36.4 Å². The number of aromatic nitrogens is 3. The van der Waals surface area contributed by atoms with E-state index in [0.717, 1.165) is 12.5 Å². The molecule has 0 aliphatic rings. The van der Waals surface area contributed by atoms with Gasteiger partial charge >= 0.3 is 0 Å². The molecule has 1 aromatic carbocycles. The molecule has 108 valence electrons. The van der Waals surface area contributed by atoms with E-state index in [-0.39, 0.29) is 10.6 Å². The van der Waals surface area contributed by atoms with Gasteiger partial charge < -0.3 is 5.32 Å². The largest absolute Gasteiger partial charge is 0.383 e. The van der Waals surface area contributed by atoms with Crippen LogP contribution in [-0.2, 0) is 16.6 Å². The van der Waals surface area contributed by atoms with Gasteiger partial charge in [0.05, 0.1) is 16.8 Å². The molecule has 0 bridgehead atoms. The van der Waals surface area contributed by atoms with Crippen LogP contribution >= 0.6 is 0 Å². The summed E-state index contributed by atoms with van der Waals surface area (Å²) >= 11 is 0. The zero-order valence-corrected chi connectivity index (χ0v) is 11.3. The second kappa shape index (κ2) is 5.97. The lowest BCUT2D eigenvalue weighted by Gasteiger charge is -2.08. The maximum absolute atomic E-state index is 13.7. The van der Waals surface area contributed by atoms with E-state index in [4.69, 9.17) is 5.14 Å². The quantitative estimate of drug-likeness (QED) is 0.759. The lowest BCUT2D eigenvalue weighted by Crippen LogP contribution is -2.13. The molecular formula is C11H14FN5O2S. The number of nitrogens with zero attached hydrogens (tertiary/aromatic N) is 3. The van der Waals surface area contributed by atoms with Crippen molar-refractivity contribution >= 4 is 15.7 Å². The zero-order valence-electron chi connectivity index (χ0n) is 10.5. The molecule has 20 heavy (non-hydrogen) atoms. The Kier molecular flexibility index (Phi) is 4.30. The van der Waals surface area contributed by atoms with Crippen LogP contribution in [0.2, 0.25) is 0 Å². The van der Waals surface area contributed by atoms with Gasteiger partial charge in [-0.1, -0.05) is 5.21 Å². The van der Waals surface area contributed by atoms with Gasteiger partial charge in [0.2, 0.25) is 10.0 Å². The van der Waals surface area contributed by atoms with Gasteiger partial charge in [0.15, 0.2) is 0 Å². The number of nitrogens with two attached hydrogens (primary N) is 1. The second-order valence-electron chi connectivity index (χ2n) is 4.13. The minimum absolute atomic E-state index is 0.232. The van der Waals surface area contributed by atoms with Crippen molar-refractivity contribution < 1.29 is 12.8 Å². The van der Waals surface area contributed by atoms with E-state index in [1.54, 1.807) is 17.1 Å². The van der Waals surface area contributed by atoms with Crippen LogP contribution in [0.4, 0.5) is 10.1 Å². The summed E-state index contributed by atoms with van der Waals surface area (Å²) in [6, 6.07) is 3.51. The number of nitrogens with one attached hydrogen (secondary N) is 1. The second-order valence-corrected chi connectivity index (χ2v) is 5.69. The lowest BCUT2D eigenvalue weighted by atomic mass is 10.3. The van der Waals surface area contributed by atoms with Crippen LogP contribution in [0, 0.1) is 5.82 Å². The first kappa shape index (κ1) is 14.4. The van der Waals surface area contributed by atoms with Gasteiger partial charge in [0, 0.05) is 19.3 Å². The summed E-state index contributed by atoms with van der Waals surface area (Å²) in [7, 11) is -3.88. The number of hydrogen-bond donors (Lipinski definition) is 2. The predicted molar refractivity (Wildman–Crippen MR) is 70.9 cm³/mol. The van der Waals surface area contributed by atoms with E-state index in [1.165, 1.54) is 12.1 Å². The molecule has 0 aliphatic carbocycles. The summed E-state index contributed by atoms with van der Waals surface area (Å²) < 4.78 is 37.5. The van der Waals surface area contributed by atoms with Gasteiger partial charge in [-0.25, -0.2) is 17.9 Å². The van der Waals surface area contributed by atoms with E-state index in [2.05, 4.69) is 15.6 Å². The van der Waals surface area contributed by atoms with E-state index >= 15 is 0 Å². The van der Waals surface area contributed by atoms with Gasteiger partial charge in [0.25, 0.3) is 0 Å². The molecule has 2 rings (SSSR count). The van der Waals surface area contributed by atoms with Gasteiger partial charge in [-0.05, 0) is 24.6 Å². The number of halogens is 1. The molecule has 0 amide bonds. The van der Waals surface area contributed by atoms with Crippen molar-refractivity contribution in [2.24, 2.45) is 5.14 Å². The highest BCUT2D eigenvalue weighted by Crippen LogP contribution is 2.18. The first-order valence-electron chi connectivity index (χ1n) is 5.87. The molecule has 2 aromatic rings. The van der Waals surface area contributed by atoms with E-state index in [0.29, 0.717) is 13.1 Å². The van der Waals surface area contributed by atoms with Crippen LogP contribution in [0.3, 0.4) is 0 Å². The smallest absolute Gasteiger partial charge is 0.238 e. The van der Waals surface area contributed by atoms with Crippen LogP contribution in [0.25, 0.3) is 0 Å². The van der Waals surface area contributed by atoms with Crippen LogP contribution in [0.1, 0.15) is 6.42 Å². The summed E-state index contributed by atoms with van der Waals surface area (Å²) in [5.74, 6) is -0.655. The fourth-order valence-corrected chi connectivity index (χ4v) is 2.16. The molecule has 0 atom stereocenters. The Hall–Kier alpha value is -2.00. The summed E-state index contributed by atoms with van der Waals surface area (Å²) in [5.41, 5.74) is 0.232. The predicted octanol–water partition coefficient (Wildman–Crippen LogP) is 0.567. The molecule has 0 unspecified atom stereocenters. The van der Waals surface area contributed by atoms with Gasteiger partial charge in [0.1, 0.15) is 5.82 Å². The topological polar surface area (TPSA) is 103 Å². The normalized spacial score (nSPS) is 11.5. The third-order valence-corrected chi connectivity index (χ3v) is 3.53. The first-order chi connectivity index (χ1) is 9.47. The zero-order chi connectivity index (χ0) is 14.6. The summed E-state index contributed by atoms with van der Waals surface area (Å²) in [4.78, 5) is -0.247. The van der Waals surface area contributed by atoms with Crippen molar-refractivity contribution in [3.63, 3.8) is 0 Å². The van der Waals surface area contributed by atoms with Crippen molar-refractivity contribution in [2.75, 3.05) is 11.9 Å². The van der Waals surface area contributed by atoms with Gasteiger partial charge in [-0.2, -0.15) is 0 Å². The van der Waals surface area contributed by atoms with E-state index in [9.17, 15) is 12.8 Å². The molecule has 7 nitrogen and oxygen atoms in total. The Morgan fingerprint density at radius 1 is 1.40 bits per heavy atom. The molecule has 0 radical (unpaired) electrons. The average molecular weight is 299 g/mol. The van der Waals surface area contributed by atoms with Crippen molar-refractivity contribution in [1.82, 2.24) is 15.0 Å². The fourth-order valence-electron chi connectivity index (χ4n) is 1.63. The minimum atomic E-state index is -3.88. The van der Waals surface area contributed by atoms with Crippen molar-refractivity contribution in [2.45, 2.75) is 17.9 Å². The number of aryl methyl sites for hydroxylation is 1.